The molecule has 0 aliphatic rings. The van der Waals surface area contributed by atoms with Crippen molar-refractivity contribution in [3.05, 3.63) is 65.2 Å². The van der Waals surface area contributed by atoms with E-state index in [1.165, 1.54) is 16.7 Å². The van der Waals surface area contributed by atoms with E-state index in [0.29, 0.717) is 0 Å². The number of rotatable bonds is 7. The van der Waals surface area contributed by atoms with E-state index in [4.69, 9.17) is 4.74 Å². The van der Waals surface area contributed by atoms with Crippen LogP contribution in [0.5, 0.6) is 5.75 Å². The highest BCUT2D eigenvalue weighted by molar-refractivity contribution is 5.37. The molecule has 0 aliphatic heterocycles. The van der Waals surface area contributed by atoms with Crippen molar-refractivity contribution in [3.63, 3.8) is 0 Å². The smallest absolute Gasteiger partial charge is 0.123 e. The second-order valence-corrected chi connectivity index (χ2v) is 5.47. The molecule has 0 heterocycles. The Morgan fingerprint density at radius 2 is 1.71 bits per heavy atom. The Hall–Kier alpha value is -1.84. The SMILES string of the molecule is COc1cc(CN(C)C)ccc1CNCc1ccccc1. The Kier molecular flexibility index (Phi) is 5.78. The molecule has 0 fully saturated rings. The maximum absolute atomic E-state index is 5.51. The number of hydrogen-bond acceptors (Lipinski definition) is 3. The lowest BCUT2D eigenvalue weighted by Crippen LogP contribution is -2.14. The molecule has 1 N–H and O–H groups in total. The quantitative estimate of drug-likeness (QED) is 0.846. The van der Waals surface area contributed by atoms with Crippen molar-refractivity contribution in [2.45, 2.75) is 19.6 Å². The highest BCUT2D eigenvalue weighted by Crippen LogP contribution is 2.21. The summed E-state index contributed by atoms with van der Waals surface area (Å²) in [7, 11) is 5.87. The fourth-order valence-corrected chi connectivity index (χ4v) is 2.34. The van der Waals surface area contributed by atoms with Gasteiger partial charge < -0.3 is 15.0 Å². The summed E-state index contributed by atoms with van der Waals surface area (Å²) in [5, 5.41) is 3.46. The molecule has 2 rings (SSSR count). The van der Waals surface area contributed by atoms with Gasteiger partial charge in [-0.15, -0.1) is 0 Å². The van der Waals surface area contributed by atoms with Crippen LogP contribution in [0.2, 0.25) is 0 Å². The van der Waals surface area contributed by atoms with Crippen LogP contribution in [0, 0.1) is 0 Å². The van der Waals surface area contributed by atoms with Gasteiger partial charge in [0.25, 0.3) is 0 Å². The molecule has 0 radical (unpaired) electrons. The maximum Gasteiger partial charge on any atom is 0.123 e. The van der Waals surface area contributed by atoms with Gasteiger partial charge in [0.1, 0.15) is 5.75 Å². The van der Waals surface area contributed by atoms with Gasteiger partial charge in [-0.25, -0.2) is 0 Å². The molecule has 0 saturated carbocycles. The van der Waals surface area contributed by atoms with Gasteiger partial charge in [0, 0.05) is 25.2 Å². The van der Waals surface area contributed by atoms with E-state index >= 15 is 0 Å². The normalized spacial score (nSPS) is 10.9. The first-order valence-electron chi connectivity index (χ1n) is 7.24. The van der Waals surface area contributed by atoms with E-state index in [1.807, 2.05) is 6.07 Å². The van der Waals surface area contributed by atoms with Crippen LogP contribution in [-0.4, -0.2) is 26.1 Å². The summed E-state index contributed by atoms with van der Waals surface area (Å²) < 4.78 is 5.51. The number of benzene rings is 2. The van der Waals surface area contributed by atoms with Crippen LogP contribution in [0.4, 0.5) is 0 Å². The first kappa shape index (κ1) is 15.5. The summed E-state index contributed by atoms with van der Waals surface area (Å²) in [5.41, 5.74) is 3.75. The second-order valence-electron chi connectivity index (χ2n) is 5.47. The first-order chi connectivity index (χ1) is 10.2. The highest BCUT2D eigenvalue weighted by Gasteiger charge is 2.05. The van der Waals surface area contributed by atoms with Gasteiger partial charge >= 0.3 is 0 Å². The Morgan fingerprint density at radius 3 is 2.38 bits per heavy atom. The summed E-state index contributed by atoms with van der Waals surface area (Å²) in [6.45, 7) is 2.60. The zero-order chi connectivity index (χ0) is 15.1. The maximum atomic E-state index is 5.51. The zero-order valence-corrected chi connectivity index (χ0v) is 13.1. The van der Waals surface area contributed by atoms with E-state index in [1.54, 1.807) is 7.11 Å². The highest BCUT2D eigenvalue weighted by atomic mass is 16.5. The van der Waals surface area contributed by atoms with Gasteiger partial charge in [-0.2, -0.15) is 0 Å². The molecule has 112 valence electrons. The predicted molar refractivity (Wildman–Crippen MR) is 87.4 cm³/mol. The second kappa shape index (κ2) is 7.81. The number of methoxy groups -OCH3 is 1. The van der Waals surface area contributed by atoms with Gasteiger partial charge in [-0.05, 0) is 31.3 Å². The molecule has 0 aliphatic carbocycles. The lowest BCUT2D eigenvalue weighted by Gasteiger charge is -2.14. The minimum absolute atomic E-state index is 0.806. The van der Waals surface area contributed by atoms with Gasteiger partial charge in [0.05, 0.1) is 7.11 Å². The van der Waals surface area contributed by atoms with Crippen molar-refractivity contribution in [1.82, 2.24) is 10.2 Å². The standard InChI is InChI=1S/C18H24N2O/c1-20(2)14-16-9-10-17(18(11-16)21-3)13-19-12-15-7-5-4-6-8-15/h4-11,19H,12-14H2,1-3H3. The van der Waals surface area contributed by atoms with Gasteiger partial charge in [-0.3, -0.25) is 0 Å². The largest absolute Gasteiger partial charge is 0.496 e. The van der Waals surface area contributed by atoms with Crippen molar-refractivity contribution in [2.75, 3.05) is 21.2 Å². The molecule has 0 unspecified atom stereocenters. The third-order valence-corrected chi connectivity index (χ3v) is 3.34. The van der Waals surface area contributed by atoms with Crippen LogP contribution in [-0.2, 0) is 19.6 Å². The third-order valence-electron chi connectivity index (χ3n) is 3.34. The van der Waals surface area contributed by atoms with Crippen molar-refractivity contribution >= 4 is 0 Å². The Balaban J connectivity index is 1.96. The molecule has 0 aromatic heterocycles. The molecule has 2 aromatic carbocycles. The van der Waals surface area contributed by atoms with Crippen LogP contribution in [0.25, 0.3) is 0 Å². The molecule has 0 spiro atoms. The van der Waals surface area contributed by atoms with E-state index in [-0.39, 0.29) is 0 Å². The van der Waals surface area contributed by atoms with Crippen LogP contribution in [0.1, 0.15) is 16.7 Å². The molecule has 0 atom stereocenters. The van der Waals surface area contributed by atoms with Gasteiger partial charge in [0.15, 0.2) is 0 Å². The number of ether oxygens (including phenoxy) is 1. The molecule has 3 heteroatoms. The number of nitrogens with zero attached hydrogens (tertiary/aromatic N) is 1. The van der Waals surface area contributed by atoms with Crippen molar-refractivity contribution < 1.29 is 4.74 Å². The van der Waals surface area contributed by atoms with Gasteiger partial charge in [-0.1, -0.05) is 42.5 Å². The Bertz CT molecular complexity index is 552. The molecular weight excluding hydrogens is 260 g/mol. The summed E-state index contributed by atoms with van der Waals surface area (Å²) in [4.78, 5) is 2.15. The fourth-order valence-electron chi connectivity index (χ4n) is 2.34. The lowest BCUT2D eigenvalue weighted by atomic mass is 10.1. The summed E-state index contributed by atoms with van der Waals surface area (Å²) in [5.74, 6) is 0.954. The average molecular weight is 284 g/mol. The zero-order valence-electron chi connectivity index (χ0n) is 13.1. The summed E-state index contributed by atoms with van der Waals surface area (Å²) in [6.07, 6.45) is 0. The predicted octanol–water partition coefficient (Wildman–Crippen LogP) is 3.05. The number of hydrogen-bond donors (Lipinski definition) is 1. The van der Waals surface area contributed by atoms with E-state index in [2.05, 4.69) is 66.8 Å². The van der Waals surface area contributed by atoms with Crippen molar-refractivity contribution in [3.8, 4) is 5.75 Å². The molecular formula is C18H24N2O. The number of nitrogens with one attached hydrogen (secondary N) is 1. The lowest BCUT2D eigenvalue weighted by molar-refractivity contribution is 0.392. The average Bonchev–Trinajstić information content (AvgIpc) is 2.49. The van der Waals surface area contributed by atoms with Crippen molar-refractivity contribution in [2.24, 2.45) is 0 Å². The van der Waals surface area contributed by atoms with Crippen LogP contribution in [0.15, 0.2) is 48.5 Å². The minimum atomic E-state index is 0.806. The molecule has 0 bridgehead atoms. The fraction of sp³-hybridized carbons (Fsp3) is 0.333. The molecule has 3 nitrogen and oxygen atoms in total. The van der Waals surface area contributed by atoms with Gasteiger partial charge in [0.2, 0.25) is 0 Å². The Morgan fingerprint density at radius 1 is 0.952 bits per heavy atom. The van der Waals surface area contributed by atoms with Crippen molar-refractivity contribution in [1.29, 1.82) is 0 Å². The molecule has 0 saturated heterocycles. The minimum Gasteiger partial charge on any atom is -0.496 e. The van der Waals surface area contributed by atoms with E-state index in [9.17, 15) is 0 Å². The monoisotopic (exact) mass is 284 g/mol. The van der Waals surface area contributed by atoms with Crippen LogP contribution < -0.4 is 10.1 Å². The van der Waals surface area contributed by atoms with E-state index in [0.717, 1.165) is 25.4 Å². The van der Waals surface area contributed by atoms with E-state index < -0.39 is 0 Å². The molecule has 0 amide bonds. The molecule has 2 aromatic rings. The Labute approximate surface area is 127 Å². The van der Waals surface area contributed by atoms with Crippen LogP contribution in [0.3, 0.4) is 0 Å². The molecule has 21 heavy (non-hydrogen) atoms. The first-order valence-corrected chi connectivity index (χ1v) is 7.24. The topological polar surface area (TPSA) is 24.5 Å². The van der Waals surface area contributed by atoms with Crippen LogP contribution >= 0.6 is 0 Å². The third kappa shape index (κ3) is 4.88. The summed E-state index contributed by atoms with van der Waals surface area (Å²) >= 11 is 0. The summed E-state index contributed by atoms with van der Waals surface area (Å²) in [6, 6.07) is 16.9.